The van der Waals surface area contributed by atoms with Crippen molar-refractivity contribution in [2.24, 2.45) is 41.4 Å². The molecule has 12 amide bonds. The van der Waals surface area contributed by atoms with Gasteiger partial charge in [-0.3, -0.25) is 52.7 Å². The number of amides is 12. The van der Waals surface area contributed by atoms with Gasteiger partial charge in [0.2, 0.25) is 59.1 Å². The molecular formula is C72H130N12O14. The van der Waals surface area contributed by atoms with Crippen LogP contribution in [0.3, 0.4) is 0 Å². The van der Waals surface area contributed by atoms with E-state index in [1.807, 2.05) is 55.4 Å². The lowest BCUT2D eigenvalue weighted by Crippen LogP contribution is -2.63. The van der Waals surface area contributed by atoms with E-state index in [2.05, 4.69) is 33.2 Å². The first-order chi connectivity index (χ1) is 45.2. The maximum atomic E-state index is 15.4. The first-order valence-corrected chi connectivity index (χ1v) is 35.6. The summed E-state index contributed by atoms with van der Waals surface area (Å²) in [7, 11) is 9.78. The zero-order valence-corrected chi connectivity index (χ0v) is 64.7. The minimum atomic E-state index is -1.66. The molecule has 1 heterocycles. The second-order valence-corrected chi connectivity index (χ2v) is 30.7. The van der Waals surface area contributed by atoms with Gasteiger partial charge >= 0.3 is 6.09 Å². The van der Waals surface area contributed by atoms with Crippen molar-refractivity contribution in [1.82, 2.24) is 60.9 Å². The predicted molar refractivity (Wildman–Crippen MR) is 380 cm³/mol. The molecule has 0 aromatic heterocycles. The second-order valence-electron chi connectivity index (χ2n) is 30.7. The average Bonchev–Trinajstić information content (AvgIpc) is 0.804. The van der Waals surface area contributed by atoms with E-state index >= 15 is 19.2 Å². The van der Waals surface area contributed by atoms with Gasteiger partial charge in [0.1, 0.15) is 71.7 Å². The van der Waals surface area contributed by atoms with Crippen LogP contribution in [0.25, 0.3) is 0 Å². The Morgan fingerprint density at radius 2 is 0.908 bits per heavy atom. The van der Waals surface area contributed by atoms with E-state index in [0.717, 1.165) is 46.8 Å². The summed E-state index contributed by atoms with van der Waals surface area (Å²) < 4.78 is 5.32. The Kier molecular flexibility index (Phi) is 37.3. The Morgan fingerprint density at radius 3 is 1.38 bits per heavy atom. The molecule has 1 saturated heterocycles. The zero-order valence-electron chi connectivity index (χ0n) is 64.7. The van der Waals surface area contributed by atoms with Crippen LogP contribution in [-0.2, 0) is 57.5 Å². The van der Waals surface area contributed by atoms with Gasteiger partial charge in [-0.15, -0.1) is 0 Å². The van der Waals surface area contributed by atoms with Gasteiger partial charge in [0.25, 0.3) is 5.91 Å². The number of nitrogens with zero attached hydrogens (tertiary/aromatic N) is 7. The van der Waals surface area contributed by atoms with E-state index < -0.39 is 161 Å². The number of nitrogens with one attached hydrogen (secondary N) is 5. The third kappa shape index (κ3) is 27.0. The van der Waals surface area contributed by atoms with Gasteiger partial charge in [-0.1, -0.05) is 136 Å². The fourth-order valence-corrected chi connectivity index (χ4v) is 12.2. The highest BCUT2D eigenvalue weighted by molar-refractivity contribution is 6.02. The summed E-state index contributed by atoms with van der Waals surface area (Å²) in [5, 5.41) is 26.3. The summed E-state index contributed by atoms with van der Waals surface area (Å²) in [5.74, 6) is -10.4. The molecular weight excluding hydrogens is 1260 g/mol. The summed E-state index contributed by atoms with van der Waals surface area (Å²) in [6, 6.07) is -12.8. The van der Waals surface area contributed by atoms with E-state index in [4.69, 9.17) is 4.74 Å². The van der Waals surface area contributed by atoms with Gasteiger partial charge in [-0.05, 0) is 121 Å². The lowest BCUT2D eigenvalue weighted by atomic mass is 9.90. The summed E-state index contributed by atoms with van der Waals surface area (Å²) in [6.07, 6.45) is 3.61. The minimum Gasteiger partial charge on any atom is -0.444 e. The number of alkyl carbamates (subject to hydrolysis) is 1. The molecule has 0 aromatic rings. The SMILES string of the molecule is C=C1C(=O)N(C)[C@@H](CC(C)C)C(=O)N[C@H](C(C)C)C(=O)N(C)[C@H](CC(C)C)C(=O)N[C@H](C)C(=O)N[C@@H](C)C(=O)N(C)[C@H](CC(C)C)C(=O)N(C)[C@H](CC(C)C)C(=O)N(C)[C@H](C(C)C)C(=O)N(C)[C@@H]([C@H](O)[C@H](C)CCCCCCCCNC(=O)OC(C)(C)C)C(=O)N[C@H](CC)C(=O)N1C. The number of aliphatic hydroxyl groups is 1. The first-order valence-electron chi connectivity index (χ1n) is 35.6. The van der Waals surface area contributed by atoms with Crippen LogP contribution < -0.4 is 26.6 Å². The van der Waals surface area contributed by atoms with Crippen molar-refractivity contribution in [3.8, 4) is 0 Å². The second kappa shape index (κ2) is 41.0. The lowest BCUT2D eigenvalue weighted by molar-refractivity contribution is -0.157. The molecule has 1 aliphatic heterocycles. The number of aliphatic hydroxyl groups excluding tert-OH is 1. The van der Waals surface area contributed by atoms with Crippen LogP contribution in [0.2, 0.25) is 0 Å². The van der Waals surface area contributed by atoms with Gasteiger partial charge in [-0.25, -0.2) is 4.79 Å². The molecule has 0 aromatic carbocycles. The van der Waals surface area contributed by atoms with Gasteiger partial charge in [0.05, 0.1) is 6.10 Å². The highest BCUT2D eigenvalue weighted by Crippen LogP contribution is 2.27. The fourth-order valence-electron chi connectivity index (χ4n) is 12.2. The molecule has 0 spiro atoms. The number of unbranched alkanes of at least 4 members (excludes halogenated alkanes) is 5. The smallest absolute Gasteiger partial charge is 0.407 e. The number of carbonyl (C=O) groups is 12. The maximum Gasteiger partial charge on any atom is 0.407 e. The van der Waals surface area contributed by atoms with Crippen molar-refractivity contribution in [2.75, 3.05) is 55.9 Å². The van der Waals surface area contributed by atoms with E-state index in [1.54, 1.807) is 62.3 Å². The Hall–Kier alpha value is -6.86. The van der Waals surface area contributed by atoms with E-state index in [0.29, 0.717) is 19.4 Å². The molecule has 12 atom stereocenters. The minimum absolute atomic E-state index is 0.0408. The maximum absolute atomic E-state index is 15.4. The number of rotatable bonds is 22. The molecule has 26 heteroatoms. The molecule has 98 heavy (non-hydrogen) atoms. The van der Waals surface area contributed by atoms with Crippen molar-refractivity contribution >= 4 is 71.1 Å². The predicted octanol–water partition coefficient (Wildman–Crippen LogP) is 6.07. The topological polar surface area (TPSA) is 317 Å². The van der Waals surface area contributed by atoms with Crippen LogP contribution in [0.15, 0.2) is 12.3 Å². The fraction of sp³-hybridized carbons (Fsp3) is 0.806. The lowest BCUT2D eigenvalue weighted by Gasteiger charge is -2.41. The van der Waals surface area contributed by atoms with Crippen LogP contribution >= 0.6 is 0 Å². The van der Waals surface area contributed by atoms with Crippen molar-refractivity contribution in [2.45, 2.75) is 281 Å². The Bertz CT molecular complexity index is 2700. The summed E-state index contributed by atoms with van der Waals surface area (Å²) in [4.78, 5) is 183. The van der Waals surface area contributed by atoms with E-state index in [-0.39, 0.29) is 61.5 Å². The monoisotopic (exact) mass is 1390 g/mol. The van der Waals surface area contributed by atoms with Crippen LogP contribution in [0, 0.1) is 41.4 Å². The van der Waals surface area contributed by atoms with Gasteiger partial charge in [0, 0.05) is 55.9 Å². The molecule has 1 fully saturated rings. The van der Waals surface area contributed by atoms with Crippen LogP contribution in [0.5, 0.6) is 0 Å². The highest BCUT2D eigenvalue weighted by atomic mass is 16.6. The first kappa shape index (κ1) is 89.2. The van der Waals surface area contributed by atoms with Crippen LogP contribution in [0.4, 0.5) is 4.79 Å². The number of hydrogen-bond donors (Lipinski definition) is 6. The number of ether oxygens (including phenoxy) is 1. The third-order valence-electron chi connectivity index (χ3n) is 18.2. The molecule has 26 nitrogen and oxygen atoms in total. The highest BCUT2D eigenvalue weighted by Gasteiger charge is 2.46. The summed E-state index contributed by atoms with van der Waals surface area (Å²) in [6.45, 7) is 37.8. The molecule has 0 saturated carbocycles. The molecule has 562 valence electrons. The Balaban J connectivity index is 4.26. The van der Waals surface area contributed by atoms with E-state index in [1.165, 1.54) is 82.8 Å². The molecule has 0 unspecified atom stereocenters. The van der Waals surface area contributed by atoms with Crippen molar-refractivity contribution in [1.29, 1.82) is 0 Å². The summed E-state index contributed by atoms with van der Waals surface area (Å²) in [5.41, 5.74) is -0.980. The Morgan fingerprint density at radius 1 is 0.490 bits per heavy atom. The zero-order chi connectivity index (χ0) is 75.9. The average molecular weight is 1390 g/mol. The van der Waals surface area contributed by atoms with Crippen molar-refractivity contribution < 1.29 is 67.4 Å². The molecule has 0 bridgehead atoms. The van der Waals surface area contributed by atoms with Gasteiger partial charge < -0.3 is 70.7 Å². The number of likely N-dealkylation sites (N-methyl/N-ethyl adjacent to an activating group) is 7. The molecule has 6 N–H and O–H groups in total. The van der Waals surface area contributed by atoms with Crippen molar-refractivity contribution in [3.05, 3.63) is 12.3 Å². The summed E-state index contributed by atoms with van der Waals surface area (Å²) >= 11 is 0. The standard InChI is InChI=1S/C72H130N12O14/c1-28-51-66(92)78(21)50(17)65(91)79(22)53(38-42(4)5)62(88)77-56(45(10)11)69(95)80(23)52(37-41(2)3)61(87)74-48(15)60(86)75-49(16)64(90)81(24)54(39-43(6)7)67(93)82(25)55(40-44(8)9)68(94)83(26)57(46(12)13)70(96)84(27)58(63(89)76-51)59(85)47(14)35-33-31-29-30-32-34-36-73-71(97)98-72(18,19)20/h41-49,51-59,85H,17,28-40H2,1-16,18-27H3,(H,73,97)(H,74,87)(H,75,86)(H,76,89)(H,77,88)/t47-,48-,49+,51-,52-,53+,54-,55-,56-,57-,58+,59-/m1/s1. The normalized spacial score (nSPS) is 24.9. The van der Waals surface area contributed by atoms with Crippen molar-refractivity contribution in [3.63, 3.8) is 0 Å². The molecule has 0 aliphatic carbocycles. The Labute approximate surface area is 587 Å². The number of carbonyl (C=O) groups excluding carboxylic acids is 12. The van der Waals surface area contributed by atoms with Crippen LogP contribution in [-0.4, -0.2) is 238 Å². The molecule has 1 aliphatic rings. The van der Waals surface area contributed by atoms with Crippen LogP contribution in [0.1, 0.15) is 209 Å². The number of hydrogen-bond acceptors (Lipinski definition) is 14. The quantitative estimate of drug-likeness (QED) is 0.0530. The van der Waals surface area contributed by atoms with Gasteiger partial charge in [-0.2, -0.15) is 0 Å². The third-order valence-corrected chi connectivity index (χ3v) is 18.2. The van der Waals surface area contributed by atoms with Gasteiger partial charge in [0.15, 0.2) is 0 Å². The van der Waals surface area contributed by atoms with E-state index in [9.17, 15) is 43.5 Å². The molecule has 0 radical (unpaired) electrons. The largest absolute Gasteiger partial charge is 0.444 e. The molecule has 1 rings (SSSR count).